The van der Waals surface area contributed by atoms with E-state index in [-0.39, 0.29) is 80.7 Å². The number of esters is 1. The van der Waals surface area contributed by atoms with Crippen molar-refractivity contribution in [3.05, 3.63) is 0 Å². The van der Waals surface area contributed by atoms with Gasteiger partial charge in [-0.2, -0.15) is 13.2 Å². The normalized spacial score (nSPS) is 43.8. The van der Waals surface area contributed by atoms with E-state index in [1.165, 1.54) is 104 Å². The first-order chi connectivity index (χ1) is 32.4. The quantitative estimate of drug-likeness (QED) is 0.180. The van der Waals surface area contributed by atoms with E-state index >= 15 is 0 Å². The molecule has 0 aromatic heterocycles. The molecule has 12 bridgehead atoms. The average molecular weight is 1060 g/mol. The zero-order chi connectivity index (χ0) is 54.2. The number of hydrogen-bond acceptors (Lipinski definition) is 9. The second kappa shape index (κ2) is 17.9. The topological polar surface area (TPSA) is 260 Å². The molecule has 12 N–H and O–H groups in total. The largest absolute Gasteiger partial charge is 1.00 e. The fourth-order valence-corrected chi connectivity index (χ4v) is 16.9. The highest BCUT2D eigenvalue weighted by molar-refractivity contribution is 5.84. The molecule has 19 rings (SSSR count). The van der Waals surface area contributed by atoms with Crippen molar-refractivity contribution in [2.75, 3.05) is 7.11 Å². The Kier molecular flexibility index (Phi) is 14.5. The molecule has 73 heavy (non-hydrogen) atoms. The molecule has 0 heterocycles. The number of nitrogens with one attached hydrogen (secondary N) is 4. The summed E-state index contributed by atoms with van der Waals surface area (Å²) in [6.45, 7) is 22.7. The van der Waals surface area contributed by atoms with Crippen molar-refractivity contribution in [2.45, 2.75) is 250 Å². The molecule has 416 valence electrons. The molecular weight excluding hydrogens is 967 g/mol. The van der Waals surface area contributed by atoms with Crippen molar-refractivity contribution < 1.29 is 69.9 Å². The molecule has 0 aromatic carbocycles. The summed E-state index contributed by atoms with van der Waals surface area (Å²) in [5.41, 5.74) is 20.9. The van der Waals surface area contributed by atoms with E-state index in [1.807, 2.05) is 0 Å². The van der Waals surface area contributed by atoms with Crippen LogP contribution in [0.3, 0.4) is 0 Å². The Morgan fingerprint density at radius 2 is 0.836 bits per heavy atom. The molecule has 0 saturated heterocycles. The lowest BCUT2D eigenvalue weighted by molar-refractivity contribution is -0.578. The van der Waals surface area contributed by atoms with Crippen molar-refractivity contribution in [1.29, 1.82) is 0 Å². The van der Waals surface area contributed by atoms with Crippen LogP contribution in [-0.4, -0.2) is 92.7 Å². The van der Waals surface area contributed by atoms with E-state index in [0.717, 1.165) is 44.4 Å². The fraction of sp³-hybridized carbons (Fsp3) is 0.889. The predicted octanol–water partition coefficient (Wildman–Crippen LogP) is 3.24. The molecule has 0 aliphatic heterocycles. The van der Waals surface area contributed by atoms with Gasteiger partial charge in [0.25, 0.3) is 0 Å². The molecule has 19 heteroatoms. The van der Waals surface area contributed by atoms with Crippen molar-refractivity contribution in [3.63, 3.8) is 0 Å². The number of amides is 4. The van der Waals surface area contributed by atoms with Gasteiger partial charge in [0.1, 0.15) is 0 Å². The van der Waals surface area contributed by atoms with Gasteiger partial charge in [0.2, 0.25) is 23.6 Å². The number of aliphatic carboxylic acids is 1. The highest BCUT2D eigenvalue weighted by atomic mass is 35.5. The Morgan fingerprint density at radius 3 is 1.04 bits per heavy atom. The van der Waals surface area contributed by atoms with E-state index in [0.29, 0.717) is 38.0 Å². The zero-order valence-corrected chi connectivity index (χ0v) is 46.7. The zero-order valence-electron chi connectivity index (χ0n) is 45.9. The molecule has 0 unspecified atom stereocenters. The van der Waals surface area contributed by atoms with Crippen molar-refractivity contribution in [3.8, 4) is 0 Å². The lowest BCUT2D eigenvalue weighted by Crippen LogP contribution is -3.00. The average Bonchev–Trinajstić information content (AvgIpc) is 3.89. The maximum atomic E-state index is 11.2. The molecule has 4 amide bonds. The third-order valence-electron chi connectivity index (χ3n) is 19.9. The minimum Gasteiger partial charge on any atom is -1.00 e. The van der Waals surface area contributed by atoms with E-state index in [2.05, 4.69) is 75.5 Å². The van der Waals surface area contributed by atoms with Crippen LogP contribution in [0.1, 0.15) is 205 Å². The molecule has 0 aromatic rings. The van der Waals surface area contributed by atoms with Crippen molar-refractivity contribution in [1.82, 2.24) is 21.3 Å². The molecular formula is C54H89ClF3N7O8. The number of rotatable bonds is 6. The molecule has 0 atom stereocenters. The maximum Gasteiger partial charge on any atom is 0.490 e. The number of methoxy groups -OCH3 is 1. The Labute approximate surface area is 437 Å². The molecule has 19 aliphatic rings. The first-order valence-electron chi connectivity index (χ1n) is 26.4. The molecule has 19 saturated carbocycles. The van der Waals surface area contributed by atoms with E-state index in [4.69, 9.17) is 26.1 Å². The fourth-order valence-electron chi connectivity index (χ4n) is 16.9. The number of carbonyl (C=O) groups is 6. The minimum absolute atomic E-state index is 0. The van der Waals surface area contributed by atoms with Gasteiger partial charge in [-0.3, -0.25) is 24.0 Å². The number of halogens is 4. The lowest BCUT2D eigenvalue weighted by Gasteiger charge is -2.74. The SMILES string of the molecule is CC(=O)NC12CC(C)(C1)C2.CC(=O)NC12CC(C3CC3)(C1)C2.CC(=O)NC12CC(N)(C1)C2.CC(C)(C)C12CC(N)(C1)C2.CC(C)(C)C12CC([NH3+])(C1)C2.COC(=O)C12CC(NC(C)=O)(C1)C2.O=C(O)C(F)(F)F.[Cl-]. The third kappa shape index (κ3) is 11.2. The van der Waals surface area contributed by atoms with Crippen LogP contribution in [0.5, 0.6) is 0 Å². The summed E-state index contributed by atoms with van der Waals surface area (Å²) >= 11 is 0. The number of nitrogens with two attached hydrogens (primary N) is 2. The van der Waals surface area contributed by atoms with Crippen molar-refractivity contribution in [2.24, 2.45) is 55.3 Å². The molecule has 0 spiro atoms. The summed E-state index contributed by atoms with van der Waals surface area (Å²) in [5.74, 6) is -1.51. The number of carbonyl (C=O) groups excluding carboxylic acids is 5. The standard InChI is InChI=1S/C10H15NO.C9H13NO3.2C9H17N.C8H13NO.C7H12N2O.C2HF3O2.ClH/c1-7(12)11-10-4-9(5-10,6-10)8-2-3-8;1-6(11)10-9-3-8(4-9,5-9)7(12)13-2;2*1-7(2,3)8-4-9(10,5-8)6-8;1-6(10)9-8-3-7(2,4-8)5-8;1-5(10)9-7-2-6(8,3-7)4-7;3-2(4,5)1(6)7;/h8H,2-6H2,1H3,(H,11,12);3-5H2,1-2H3,(H,10,11);2*4-6,10H2,1-3H3;3-5H2,1-2H3,(H,9,10);2-4,8H2,1H3,(H,9,10);(H,6,7);1H. The summed E-state index contributed by atoms with van der Waals surface area (Å²) in [7, 11) is 1.41. The summed E-state index contributed by atoms with van der Waals surface area (Å²) in [4.78, 5) is 63.1. The van der Waals surface area contributed by atoms with Gasteiger partial charge >= 0.3 is 18.1 Å². The van der Waals surface area contributed by atoms with Crippen LogP contribution in [0, 0.1) is 43.8 Å². The van der Waals surface area contributed by atoms with Crippen molar-refractivity contribution >= 4 is 35.6 Å². The number of quaternary nitrogens is 1. The Balaban J connectivity index is 0.000000140. The Bertz CT molecular complexity index is 2050. The first kappa shape index (κ1) is 59.0. The smallest absolute Gasteiger partial charge is 0.490 e. The van der Waals surface area contributed by atoms with Gasteiger partial charge in [0.05, 0.1) is 18.1 Å². The summed E-state index contributed by atoms with van der Waals surface area (Å²) in [6, 6.07) is 0. The molecule has 0 radical (unpaired) electrons. The molecule has 19 aliphatic carbocycles. The van der Waals surface area contributed by atoms with Gasteiger partial charge < -0.3 is 60.7 Å². The monoisotopic (exact) mass is 1060 g/mol. The highest BCUT2D eigenvalue weighted by Gasteiger charge is 2.75. The van der Waals surface area contributed by atoms with Gasteiger partial charge in [-0.15, -0.1) is 0 Å². The lowest BCUT2D eigenvalue weighted by atomic mass is 9.33. The van der Waals surface area contributed by atoms with Crippen LogP contribution in [0.25, 0.3) is 0 Å². The summed E-state index contributed by atoms with van der Waals surface area (Å²) < 4.78 is 36.4. The second-order valence-corrected chi connectivity index (χ2v) is 29.3. The van der Waals surface area contributed by atoms with Gasteiger partial charge in [0, 0.05) is 80.2 Å². The first-order valence-corrected chi connectivity index (χ1v) is 26.4. The maximum absolute atomic E-state index is 11.2. The van der Waals surface area contributed by atoms with Crippen LogP contribution < -0.4 is 50.9 Å². The van der Waals surface area contributed by atoms with Crippen LogP contribution in [0.2, 0.25) is 0 Å². The van der Waals surface area contributed by atoms with E-state index in [9.17, 15) is 37.1 Å². The Morgan fingerprint density at radius 1 is 0.548 bits per heavy atom. The number of alkyl halides is 3. The number of carboxylic acids is 1. The number of hydrogen-bond donors (Lipinski definition) is 8. The number of ether oxygens (including phenoxy) is 1. The molecule has 19 fully saturated rings. The van der Waals surface area contributed by atoms with Crippen LogP contribution in [-0.2, 0) is 33.5 Å². The predicted molar refractivity (Wildman–Crippen MR) is 264 cm³/mol. The highest BCUT2D eigenvalue weighted by Crippen LogP contribution is 2.76. The second-order valence-electron chi connectivity index (χ2n) is 29.3. The minimum atomic E-state index is -5.08. The number of carboxylic acid groups (broad SMARTS) is 1. The third-order valence-corrected chi connectivity index (χ3v) is 19.9. The summed E-state index contributed by atoms with van der Waals surface area (Å²) in [6.07, 6.45) is 18.5. The van der Waals surface area contributed by atoms with E-state index in [1.54, 1.807) is 20.8 Å². The van der Waals surface area contributed by atoms with E-state index < -0.39 is 12.1 Å². The van der Waals surface area contributed by atoms with Gasteiger partial charge in [-0.05, 0) is 148 Å². The van der Waals surface area contributed by atoms with Gasteiger partial charge in [0.15, 0.2) is 0 Å². The van der Waals surface area contributed by atoms with Crippen LogP contribution in [0.4, 0.5) is 13.2 Å². The molecule has 15 nitrogen and oxygen atoms in total. The van der Waals surface area contributed by atoms with Gasteiger partial charge in [-0.25, -0.2) is 4.79 Å². The summed E-state index contributed by atoms with van der Waals surface area (Å²) in [5, 5.41) is 19.0. The van der Waals surface area contributed by atoms with Gasteiger partial charge in [-0.1, -0.05) is 48.5 Å². The van der Waals surface area contributed by atoms with Crippen LogP contribution >= 0.6 is 0 Å². The Hall–Kier alpha value is -3.22. The van der Waals surface area contributed by atoms with Crippen LogP contribution in [0.15, 0.2) is 0 Å².